The molecule has 1 aliphatic rings. The van der Waals surface area contributed by atoms with Crippen molar-refractivity contribution in [3.05, 3.63) is 52.8 Å². The van der Waals surface area contributed by atoms with Crippen molar-refractivity contribution in [1.82, 2.24) is 24.9 Å². The van der Waals surface area contributed by atoms with Gasteiger partial charge in [-0.25, -0.2) is 0 Å². The summed E-state index contributed by atoms with van der Waals surface area (Å²) in [5, 5.41) is 8.12. The Bertz CT molecular complexity index is 750. The molecule has 0 N–H and O–H groups in total. The van der Waals surface area contributed by atoms with E-state index < -0.39 is 0 Å². The molecule has 1 saturated heterocycles. The van der Waals surface area contributed by atoms with Crippen LogP contribution in [-0.4, -0.2) is 51.1 Å². The Balaban J connectivity index is 1.29. The average Bonchev–Trinajstić information content (AvgIpc) is 3.29. The van der Waals surface area contributed by atoms with Gasteiger partial charge >= 0.3 is 0 Å². The summed E-state index contributed by atoms with van der Waals surface area (Å²) in [6, 6.07) is 8.09. The van der Waals surface area contributed by atoms with Crippen LogP contribution in [0.4, 0.5) is 0 Å². The highest BCUT2D eigenvalue weighted by Crippen LogP contribution is 2.19. The molecule has 0 atom stereocenters. The van der Waals surface area contributed by atoms with Crippen molar-refractivity contribution in [2.24, 2.45) is 0 Å². The van der Waals surface area contributed by atoms with Crippen molar-refractivity contribution in [2.45, 2.75) is 13.1 Å². The lowest BCUT2D eigenvalue weighted by atomic mass is 10.2. The molecule has 24 heavy (non-hydrogen) atoms. The zero-order chi connectivity index (χ0) is 16.2. The third-order valence-corrected chi connectivity index (χ3v) is 4.87. The Morgan fingerprint density at radius 2 is 1.88 bits per heavy atom. The van der Waals surface area contributed by atoms with Gasteiger partial charge in [-0.15, -0.1) is 0 Å². The third kappa shape index (κ3) is 3.69. The Kier molecular flexibility index (Phi) is 4.64. The Morgan fingerprint density at radius 3 is 2.58 bits per heavy atom. The average molecular weight is 341 g/mol. The maximum Gasteiger partial charge on any atom is 0.241 e. The van der Waals surface area contributed by atoms with Crippen LogP contribution in [-0.2, 0) is 13.1 Å². The molecule has 0 amide bonds. The molecule has 0 unspecified atom stereocenters. The van der Waals surface area contributed by atoms with Gasteiger partial charge in [-0.05, 0) is 23.6 Å². The number of pyridine rings is 1. The second-order valence-electron chi connectivity index (χ2n) is 5.90. The molecule has 4 heterocycles. The molecule has 0 aromatic carbocycles. The quantitative estimate of drug-likeness (QED) is 0.711. The molecule has 0 bridgehead atoms. The molecule has 7 heteroatoms. The summed E-state index contributed by atoms with van der Waals surface area (Å²) in [7, 11) is 0. The summed E-state index contributed by atoms with van der Waals surface area (Å²) >= 11 is 1.64. The molecule has 3 aromatic rings. The summed E-state index contributed by atoms with van der Waals surface area (Å²) < 4.78 is 5.39. The van der Waals surface area contributed by atoms with E-state index in [1.54, 1.807) is 11.3 Å². The van der Waals surface area contributed by atoms with Gasteiger partial charge in [0.25, 0.3) is 0 Å². The molecule has 6 nitrogen and oxygen atoms in total. The van der Waals surface area contributed by atoms with E-state index >= 15 is 0 Å². The van der Waals surface area contributed by atoms with Crippen molar-refractivity contribution in [1.29, 1.82) is 0 Å². The van der Waals surface area contributed by atoms with Gasteiger partial charge in [0.1, 0.15) is 0 Å². The van der Waals surface area contributed by atoms with Gasteiger partial charge < -0.3 is 4.52 Å². The summed E-state index contributed by atoms with van der Waals surface area (Å²) in [6.45, 7) is 5.70. The van der Waals surface area contributed by atoms with Crippen molar-refractivity contribution < 1.29 is 4.52 Å². The van der Waals surface area contributed by atoms with E-state index in [0.717, 1.165) is 44.0 Å². The molecule has 4 rings (SSSR count). The van der Waals surface area contributed by atoms with Crippen LogP contribution in [0, 0.1) is 0 Å². The van der Waals surface area contributed by atoms with E-state index in [4.69, 9.17) is 4.52 Å². The van der Waals surface area contributed by atoms with Gasteiger partial charge in [-0.1, -0.05) is 11.2 Å². The van der Waals surface area contributed by atoms with Gasteiger partial charge in [0.05, 0.1) is 12.2 Å². The van der Waals surface area contributed by atoms with Crippen LogP contribution < -0.4 is 0 Å². The molecule has 3 aromatic heterocycles. The van der Waals surface area contributed by atoms with Crippen LogP contribution in [0.1, 0.15) is 11.6 Å². The topological polar surface area (TPSA) is 58.3 Å². The van der Waals surface area contributed by atoms with Crippen molar-refractivity contribution in [2.75, 3.05) is 26.2 Å². The highest BCUT2D eigenvalue weighted by atomic mass is 32.1. The number of hydrogen-bond donors (Lipinski definition) is 0. The number of hydrogen-bond acceptors (Lipinski definition) is 7. The smallest absolute Gasteiger partial charge is 0.241 e. The molecular formula is C17H19N5OS. The second-order valence-corrected chi connectivity index (χ2v) is 6.68. The molecule has 0 spiro atoms. The number of piperazine rings is 1. The van der Waals surface area contributed by atoms with E-state index in [-0.39, 0.29) is 0 Å². The van der Waals surface area contributed by atoms with Gasteiger partial charge in [0.15, 0.2) is 0 Å². The lowest BCUT2D eigenvalue weighted by molar-refractivity contribution is 0.111. The minimum absolute atomic E-state index is 0.681. The molecule has 1 aliphatic heterocycles. The van der Waals surface area contributed by atoms with Crippen molar-refractivity contribution in [3.8, 4) is 11.4 Å². The first-order chi connectivity index (χ1) is 11.9. The zero-order valence-corrected chi connectivity index (χ0v) is 14.2. The summed E-state index contributed by atoms with van der Waals surface area (Å²) in [5.74, 6) is 1.37. The highest BCUT2D eigenvalue weighted by molar-refractivity contribution is 7.08. The Hall–Kier alpha value is -2.09. The molecule has 1 fully saturated rings. The van der Waals surface area contributed by atoms with Crippen molar-refractivity contribution in [3.63, 3.8) is 0 Å². The molecular weight excluding hydrogens is 322 g/mol. The van der Waals surface area contributed by atoms with E-state index in [1.807, 2.05) is 35.2 Å². The Morgan fingerprint density at radius 1 is 1.04 bits per heavy atom. The fraction of sp³-hybridized carbons (Fsp3) is 0.353. The number of aromatic nitrogens is 3. The SMILES string of the molecule is c1ccc(CN2CCN(Cc3nc(-c4ccsc4)no3)CC2)nc1. The van der Waals surface area contributed by atoms with Crippen LogP contribution in [0.2, 0.25) is 0 Å². The molecule has 0 radical (unpaired) electrons. The predicted molar refractivity (Wildman–Crippen MR) is 92.4 cm³/mol. The predicted octanol–water partition coefficient (Wildman–Crippen LogP) is 2.51. The summed E-state index contributed by atoms with van der Waals surface area (Å²) in [5.41, 5.74) is 2.15. The minimum atomic E-state index is 0.681. The number of nitrogens with zero attached hydrogens (tertiary/aromatic N) is 5. The fourth-order valence-corrected chi connectivity index (χ4v) is 3.48. The van der Waals surface area contributed by atoms with Gasteiger partial charge in [-0.2, -0.15) is 16.3 Å². The normalized spacial score (nSPS) is 16.5. The van der Waals surface area contributed by atoms with Crippen LogP contribution >= 0.6 is 11.3 Å². The Labute approximate surface area is 144 Å². The van der Waals surface area contributed by atoms with Gasteiger partial charge in [-0.3, -0.25) is 14.8 Å². The molecule has 0 aliphatic carbocycles. The number of rotatable bonds is 5. The van der Waals surface area contributed by atoms with Crippen LogP contribution in [0.5, 0.6) is 0 Å². The van der Waals surface area contributed by atoms with E-state index in [9.17, 15) is 0 Å². The third-order valence-electron chi connectivity index (χ3n) is 4.18. The molecule has 124 valence electrons. The largest absolute Gasteiger partial charge is 0.338 e. The number of thiophene rings is 1. The fourth-order valence-electron chi connectivity index (χ4n) is 2.85. The molecule has 0 saturated carbocycles. The van der Waals surface area contributed by atoms with Crippen molar-refractivity contribution >= 4 is 11.3 Å². The maximum atomic E-state index is 5.39. The zero-order valence-electron chi connectivity index (χ0n) is 13.3. The summed E-state index contributed by atoms with van der Waals surface area (Å²) in [4.78, 5) is 13.7. The first-order valence-electron chi connectivity index (χ1n) is 8.06. The van der Waals surface area contributed by atoms with Gasteiger partial charge in [0, 0.05) is 49.9 Å². The lowest BCUT2D eigenvalue weighted by Crippen LogP contribution is -2.45. The van der Waals surface area contributed by atoms with E-state index in [1.165, 1.54) is 0 Å². The van der Waals surface area contributed by atoms with Crippen LogP contribution in [0.25, 0.3) is 11.4 Å². The summed E-state index contributed by atoms with van der Waals surface area (Å²) in [6.07, 6.45) is 1.85. The second kappa shape index (κ2) is 7.21. The monoisotopic (exact) mass is 341 g/mol. The standard InChI is InChI=1S/C17H19N5OS/c1-2-5-18-15(3-1)11-21-6-8-22(9-7-21)12-16-19-17(20-23-16)14-4-10-24-13-14/h1-5,10,13H,6-9,11-12H2. The maximum absolute atomic E-state index is 5.39. The lowest BCUT2D eigenvalue weighted by Gasteiger charge is -2.33. The van der Waals surface area contributed by atoms with Crippen LogP contribution in [0.3, 0.4) is 0 Å². The highest BCUT2D eigenvalue weighted by Gasteiger charge is 2.19. The van der Waals surface area contributed by atoms with Crippen LogP contribution in [0.15, 0.2) is 45.7 Å². The van der Waals surface area contributed by atoms with Gasteiger partial charge in [0.2, 0.25) is 11.7 Å². The first kappa shape index (κ1) is 15.4. The van der Waals surface area contributed by atoms with E-state index in [2.05, 4.69) is 31.0 Å². The first-order valence-corrected chi connectivity index (χ1v) is 9.01. The van der Waals surface area contributed by atoms with E-state index in [0.29, 0.717) is 18.3 Å². The minimum Gasteiger partial charge on any atom is -0.338 e.